The molecule has 3 rings (SSSR count). The Morgan fingerprint density at radius 1 is 1.26 bits per heavy atom. The quantitative estimate of drug-likeness (QED) is 0.748. The van der Waals surface area contributed by atoms with E-state index in [-0.39, 0.29) is 10.6 Å². The number of fused-ring (bicyclic) bond motifs is 1. The highest BCUT2D eigenvalue weighted by Crippen LogP contribution is 2.22. The molecule has 0 aliphatic carbocycles. The zero-order valence-corrected chi connectivity index (χ0v) is 11.5. The van der Waals surface area contributed by atoms with Crippen LogP contribution in [0.4, 0.5) is 0 Å². The SMILES string of the molecule is Cc1nc2cc(-c3cccc(Cl)c3)[nH]n2c(=O)c1Cl. The molecule has 0 unspecified atom stereocenters. The van der Waals surface area contributed by atoms with Gasteiger partial charge in [-0.3, -0.25) is 9.89 Å². The topological polar surface area (TPSA) is 50.2 Å². The number of halogens is 2. The van der Waals surface area contributed by atoms with Gasteiger partial charge in [0.05, 0.1) is 11.4 Å². The molecular formula is C13H9Cl2N3O. The third-order valence-electron chi connectivity index (χ3n) is 2.86. The zero-order valence-electron chi connectivity index (χ0n) is 9.95. The number of rotatable bonds is 1. The third kappa shape index (κ3) is 2.03. The van der Waals surface area contributed by atoms with Crippen LogP contribution in [0.5, 0.6) is 0 Å². The van der Waals surface area contributed by atoms with Gasteiger partial charge in [-0.25, -0.2) is 4.98 Å². The van der Waals surface area contributed by atoms with Gasteiger partial charge in [-0.2, -0.15) is 4.52 Å². The summed E-state index contributed by atoms with van der Waals surface area (Å²) in [4.78, 5) is 16.3. The molecule has 1 N–H and O–H groups in total. The van der Waals surface area contributed by atoms with E-state index in [2.05, 4.69) is 10.1 Å². The molecule has 0 amide bonds. The first-order chi connectivity index (χ1) is 9.06. The number of hydrogen-bond acceptors (Lipinski definition) is 2. The average molecular weight is 294 g/mol. The molecule has 2 aromatic heterocycles. The molecule has 4 nitrogen and oxygen atoms in total. The number of hydrogen-bond donors (Lipinski definition) is 1. The Morgan fingerprint density at radius 3 is 2.79 bits per heavy atom. The van der Waals surface area contributed by atoms with Gasteiger partial charge >= 0.3 is 0 Å². The van der Waals surface area contributed by atoms with Crippen molar-refractivity contribution in [3.8, 4) is 11.3 Å². The Hall–Kier alpha value is -1.78. The van der Waals surface area contributed by atoms with Crippen molar-refractivity contribution in [1.82, 2.24) is 14.6 Å². The molecule has 1 aromatic carbocycles. The van der Waals surface area contributed by atoms with E-state index in [0.29, 0.717) is 16.4 Å². The number of H-pyrrole nitrogens is 1. The number of aromatic nitrogens is 3. The van der Waals surface area contributed by atoms with Gasteiger partial charge in [0.25, 0.3) is 5.56 Å². The lowest BCUT2D eigenvalue weighted by Gasteiger charge is -1.98. The summed E-state index contributed by atoms with van der Waals surface area (Å²) >= 11 is 11.9. The van der Waals surface area contributed by atoms with E-state index in [0.717, 1.165) is 11.3 Å². The van der Waals surface area contributed by atoms with Crippen LogP contribution in [0.15, 0.2) is 35.1 Å². The molecule has 0 spiro atoms. The minimum Gasteiger partial charge on any atom is -0.289 e. The smallest absolute Gasteiger partial charge is 0.289 e. The fraction of sp³-hybridized carbons (Fsp3) is 0.0769. The number of nitrogens with zero attached hydrogens (tertiary/aromatic N) is 2. The highest BCUT2D eigenvalue weighted by molar-refractivity contribution is 6.31. The minimum absolute atomic E-state index is 0.122. The molecule has 2 heterocycles. The lowest BCUT2D eigenvalue weighted by Crippen LogP contribution is -2.16. The Bertz CT molecular complexity index is 836. The molecule has 0 atom stereocenters. The summed E-state index contributed by atoms with van der Waals surface area (Å²) in [5, 5.41) is 3.73. The minimum atomic E-state index is -0.308. The summed E-state index contributed by atoms with van der Waals surface area (Å²) in [5.41, 5.74) is 2.38. The van der Waals surface area contributed by atoms with Gasteiger partial charge in [0, 0.05) is 16.7 Å². The second kappa shape index (κ2) is 4.40. The number of aryl methyl sites for hydroxylation is 1. The molecule has 0 radical (unpaired) electrons. The van der Waals surface area contributed by atoms with Gasteiger partial charge in [0.15, 0.2) is 5.65 Å². The summed E-state index contributed by atoms with van der Waals surface area (Å²) in [6.07, 6.45) is 0. The van der Waals surface area contributed by atoms with Crippen LogP contribution in [0.25, 0.3) is 16.9 Å². The normalized spacial score (nSPS) is 11.1. The molecule has 0 fully saturated rings. The summed E-state index contributed by atoms with van der Waals surface area (Å²) in [6.45, 7) is 1.70. The highest BCUT2D eigenvalue weighted by Gasteiger charge is 2.11. The van der Waals surface area contributed by atoms with Gasteiger partial charge in [-0.1, -0.05) is 35.3 Å². The molecule has 6 heteroatoms. The van der Waals surface area contributed by atoms with Crippen LogP contribution in [0, 0.1) is 6.92 Å². The Morgan fingerprint density at radius 2 is 2.05 bits per heavy atom. The molecule has 0 bridgehead atoms. The third-order valence-corrected chi connectivity index (χ3v) is 3.53. The largest absolute Gasteiger partial charge is 0.291 e. The summed E-state index contributed by atoms with van der Waals surface area (Å²) in [6, 6.07) is 9.13. The van der Waals surface area contributed by atoms with E-state index in [1.807, 2.05) is 18.2 Å². The summed E-state index contributed by atoms with van der Waals surface area (Å²) < 4.78 is 1.32. The first kappa shape index (κ1) is 12.3. The van der Waals surface area contributed by atoms with Crippen LogP contribution in [-0.2, 0) is 0 Å². The van der Waals surface area contributed by atoms with Crippen molar-refractivity contribution < 1.29 is 0 Å². The van der Waals surface area contributed by atoms with Gasteiger partial charge in [-0.15, -0.1) is 0 Å². The van der Waals surface area contributed by atoms with E-state index in [9.17, 15) is 4.79 Å². The molecular weight excluding hydrogens is 285 g/mol. The fourth-order valence-corrected chi connectivity index (χ4v) is 2.24. The van der Waals surface area contributed by atoms with E-state index in [1.165, 1.54) is 4.52 Å². The standard InChI is InChI=1S/C13H9Cl2N3O/c1-7-12(15)13(19)18-11(16-7)6-10(17-18)8-3-2-4-9(14)5-8/h2-6,17H,1H3. The Labute approximate surface area is 118 Å². The van der Waals surface area contributed by atoms with E-state index >= 15 is 0 Å². The van der Waals surface area contributed by atoms with E-state index in [4.69, 9.17) is 23.2 Å². The lowest BCUT2D eigenvalue weighted by molar-refractivity contribution is 0.893. The molecule has 0 aliphatic rings. The van der Waals surface area contributed by atoms with Gasteiger partial charge < -0.3 is 0 Å². The maximum atomic E-state index is 12.0. The van der Waals surface area contributed by atoms with Crippen molar-refractivity contribution in [3.05, 3.63) is 56.4 Å². The van der Waals surface area contributed by atoms with Crippen LogP contribution in [0.2, 0.25) is 10.0 Å². The monoisotopic (exact) mass is 293 g/mol. The fourth-order valence-electron chi connectivity index (χ4n) is 1.92. The second-order valence-electron chi connectivity index (χ2n) is 4.19. The summed E-state index contributed by atoms with van der Waals surface area (Å²) in [7, 11) is 0. The molecule has 96 valence electrons. The van der Waals surface area contributed by atoms with Crippen LogP contribution >= 0.6 is 23.2 Å². The van der Waals surface area contributed by atoms with Crippen molar-refractivity contribution >= 4 is 28.8 Å². The van der Waals surface area contributed by atoms with E-state index < -0.39 is 0 Å². The average Bonchev–Trinajstić information content (AvgIpc) is 2.80. The van der Waals surface area contributed by atoms with Crippen LogP contribution in [0.1, 0.15) is 5.69 Å². The molecule has 19 heavy (non-hydrogen) atoms. The second-order valence-corrected chi connectivity index (χ2v) is 5.00. The number of benzene rings is 1. The van der Waals surface area contributed by atoms with Gasteiger partial charge in [-0.05, 0) is 19.1 Å². The van der Waals surface area contributed by atoms with Crippen molar-refractivity contribution in [2.45, 2.75) is 6.92 Å². The summed E-state index contributed by atoms with van der Waals surface area (Å²) in [5.74, 6) is 0. The van der Waals surface area contributed by atoms with Crippen molar-refractivity contribution in [1.29, 1.82) is 0 Å². The van der Waals surface area contributed by atoms with Gasteiger partial charge in [0.1, 0.15) is 5.02 Å². The Balaban J connectivity index is 2.28. The molecule has 0 saturated carbocycles. The van der Waals surface area contributed by atoms with Crippen molar-refractivity contribution in [2.24, 2.45) is 0 Å². The molecule has 3 aromatic rings. The van der Waals surface area contributed by atoms with Crippen LogP contribution in [0.3, 0.4) is 0 Å². The number of nitrogens with one attached hydrogen (secondary N) is 1. The maximum absolute atomic E-state index is 12.0. The number of aromatic amines is 1. The predicted octanol–water partition coefficient (Wildman–Crippen LogP) is 3.30. The predicted molar refractivity (Wildman–Crippen MR) is 76.0 cm³/mol. The van der Waals surface area contributed by atoms with Gasteiger partial charge in [0.2, 0.25) is 0 Å². The van der Waals surface area contributed by atoms with Crippen LogP contribution < -0.4 is 5.56 Å². The van der Waals surface area contributed by atoms with Crippen molar-refractivity contribution in [3.63, 3.8) is 0 Å². The lowest BCUT2D eigenvalue weighted by atomic mass is 10.1. The van der Waals surface area contributed by atoms with Crippen molar-refractivity contribution in [2.75, 3.05) is 0 Å². The zero-order chi connectivity index (χ0) is 13.6. The molecule has 0 saturated heterocycles. The molecule has 0 aliphatic heterocycles. The Kier molecular flexibility index (Phi) is 2.84. The first-order valence-electron chi connectivity index (χ1n) is 5.60. The van der Waals surface area contributed by atoms with Crippen LogP contribution in [-0.4, -0.2) is 14.6 Å². The first-order valence-corrected chi connectivity index (χ1v) is 6.35. The highest BCUT2D eigenvalue weighted by atomic mass is 35.5. The maximum Gasteiger partial charge on any atom is 0.291 e. The van der Waals surface area contributed by atoms with E-state index in [1.54, 1.807) is 19.1 Å².